The van der Waals surface area contributed by atoms with Gasteiger partial charge in [-0.1, -0.05) is 15.9 Å². The zero-order valence-electron chi connectivity index (χ0n) is 8.08. The van der Waals surface area contributed by atoms with E-state index in [1.165, 1.54) is 0 Å². The molecule has 0 unspecified atom stereocenters. The highest BCUT2D eigenvalue weighted by Crippen LogP contribution is 2.02. The van der Waals surface area contributed by atoms with E-state index in [9.17, 15) is 0 Å². The fourth-order valence-electron chi connectivity index (χ4n) is 0.719. The summed E-state index contributed by atoms with van der Waals surface area (Å²) in [6.07, 6.45) is 0.356. The molecule has 0 saturated heterocycles. The first-order chi connectivity index (χ1) is 5.56. The van der Waals surface area contributed by atoms with Gasteiger partial charge < -0.3 is 9.31 Å². The zero-order chi connectivity index (χ0) is 9.56. The van der Waals surface area contributed by atoms with Crippen LogP contribution < -0.4 is 0 Å². The quantitative estimate of drug-likeness (QED) is 0.682. The molecule has 0 saturated carbocycles. The van der Waals surface area contributed by atoms with Crippen molar-refractivity contribution >= 4 is 23.0 Å². The molecule has 0 fully saturated rings. The Morgan fingerprint density at radius 1 is 1.08 bits per heavy atom. The van der Waals surface area contributed by atoms with Crippen LogP contribution in [0.1, 0.15) is 27.7 Å². The summed E-state index contributed by atoms with van der Waals surface area (Å²) in [5.41, 5.74) is 0. The van der Waals surface area contributed by atoms with Crippen molar-refractivity contribution in [1.29, 1.82) is 0 Å². The molecule has 0 aliphatic carbocycles. The van der Waals surface area contributed by atoms with Crippen LogP contribution in [-0.4, -0.2) is 19.3 Å². The van der Waals surface area contributed by atoms with Crippen LogP contribution in [0.25, 0.3) is 0 Å². The highest BCUT2D eigenvalue weighted by atomic mass is 79.9. The van der Waals surface area contributed by atoms with Crippen LogP contribution in [-0.2, 0) is 9.31 Å². The lowest BCUT2D eigenvalue weighted by molar-refractivity contribution is 0.138. The van der Waals surface area contributed by atoms with Gasteiger partial charge in [-0.15, -0.1) is 0 Å². The topological polar surface area (TPSA) is 18.5 Å². The van der Waals surface area contributed by atoms with Gasteiger partial charge >= 0.3 is 7.12 Å². The fourth-order valence-corrected chi connectivity index (χ4v) is 0.968. The normalized spacial score (nSPS) is 11.9. The molecule has 0 amide bonds. The van der Waals surface area contributed by atoms with Crippen molar-refractivity contribution in [1.82, 2.24) is 0 Å². The van der Waals surface area contributed by atoms with Gasteiger partial charge in [0, 0.05) is 12.2 Å². The van der Waals surface area contributed by atoms with Crippen LogP contribution in [0.15, 0.2) is 11.0 Å². The molecule has 0 rings (SSSR count). The molecule has 0 spiro atoms. The number of halogens is 1. The smallest absolute Gasteiger partial charge is 0.405 e. The van der Waals surface area contributed by atoms with E-state index in [0.717, 1.165) is 0 Å². The largest absolute Gasteiger partial charge is 0.487 e. The summed E-state index contributed by atoms with van der Waals surface area (Å²) in [4.78, 5) is 1.75. The van der Waals surface area contributed by atoms with Crippen LogP contribution in [0.5, 0.6) is 0 Å². The summed E-state index contributed by atoms with van der Waals surface area (Å²) < 4.78 is 10.9. The highest BCUT2D eigenvalue weighted by molar-refractivity contribution is 9.11. The zero-order valence-corrected chi connectivity index (χ0v) is 9.67. The predicted octanol–water partition coefficient (Wildman–Crippen LogP) is 2.77. The summed E-state index contributed by atoms with van der Waals surface area (Å²) in [7, 11) is -0.246. The average molecular weight is 235 g/mol. The molecule has 0 aromatic carbocycles. The first-order valence-electron chi connectivity index (χ1n) is 4.14. The summed E-state index contributed by atoms with van der Waals surface area (Å²) in [6.45, 7) is 7.94. The summed E-state index contributed by atoms with van der Waals surface area (Å²) in [6, 6.07) is 0. The Hall–Kier alpha value is 0.205. The minimum absolute atomic E-state index is 0.178. The van der Waals surface area contributed by atoms with Crippen LogP contribution in [0, 0.1) is 0 Å². The lowest BCUT2D eigenvalue weighted by atomic mass is 9.90. The van der Waals surface area contributed by atoms with Crippen molar-refractivity contribution in [2.24, 2.45) is 0 Å². The Kier molecular flexibility index (Phi) is 6.81. The average Bonchev–Trinajstić information content (AvgIpc) is 1.84. The summed E-state index contributed by atoms with van der Waals surface area (Å²) in [5.74, 6) is 1.83. The minimum Gasteiger partial charge on any atom is -0.405 e. The van der Waals surface area contributed by atoms with Crippen LogP contribution in [0.4, 0.5) is 0 Å². The molecule has 0 N–H and O–H groups in total. The highest BCUT2D eigenvalue weighted by Gasteiger charge is 2.16. The van der Waals surface area contributed by atoms with Crippen molar-refractivity contribution in [2.75, 3.05) is 0 Å². The molecule has 12 heavy (non-hydrogen) atoms. The third-order valence-electron chi connectivity index (χ3n) is 1.04. The lowest BCUT2D eigenvalue weighted by Gasteiger charge is -2.16. The Bertz CT molecular complexity index is 127. The van der Waals surface area contributed by atoms with E-state index in [2.05, 4.69) is 15.9 Å². The Morgan fingerprint density at radius 2 is 1.50 bits per heavy atom. The predicted molar refractivity (Wildman–Crippen MR) is 56.3 cm³/mol. The van der Waals surface area contributed by atoms with Gasteiger partial charge in [0.05, 0.1) is 0 Å². The van der Waals surface area contributed by atoms with Crippen molar-refractivity contribution in [3.05, 3.63) is 11.0 Å². The molecule has 4 heteroatoms. The minimum atomic E-state index is -0.246. The van der Waals surface area contributed by atoms with Gasteiger partial charge in [-0.25, -0.2) is 0 Å². The van der Waals surface area contributed by atoms with E-state index in [0.29, 0.717) is 0 Å². The molecule has 0 radical (unpaired) electrons. The molecule has 0 bridgehead atoms. The molecular weight excluding hydrogens is 219 g/mol. The van der Waals surface area contributed by atoms with Gasteiger partial charge in [-0.3, -0.25) is 0 Å². The number of hydrogen-bond acceptors (Lipinski definition) is 2. The first kappa shape index (κ1) is 12.2. The van der Waals surface area contributed by atoms with Gasteiger partial charge in [0.25, 0.3) is 0 Å². The van der Waals surface area contributed by atoms with Gasteiger partial charge in [-0.05, 0) is 38.7 Å². The summed E-state index contributed by atoms with van der Waals surface area (Å²) in [5, 5.41) is 0. The molecule has 2 nitrogen and oxygen atoms in total. The van der Waals surface area contributed by atoms with E-state index in [4.69, 9.17) is 9.31 Å². The maximum absolute atomic E-state index is 5.46. The molecule has 0 atom stereocenters. The molecule has 0 heterocycles. The monoisotopic (exact) mass is 234 g/mol. The van der Waals surface area contributed by atoms with E-state index in [-0.39, 0.29) is 19.3 Å². The van der Waals surface area contributed by atoms with Gasteiger partial charge in [0.2, 0.25) is 0 Å². The number of rotatable bonds is 5. The molecule has 0 aromatic heterocycles. The SMILES string of the molecule is CC(C)OB(C=CBr)OC(C)C. The van der Waals surface area contributed by atoms with Crippen molar-refractivity contribution in [2.45, 2.75) is 39.9 Å². The third-order valence-corrected chi connectivity index (χ3v) is 1.35. The van der Waals surface area contributed by atoms with Crippen molar-refractivity contribution in [3.63, 3.8) is 0 Å². The molecule has 0 aliphatic rings. The van der Waals surface area contributed by atoms with Crippen molar-refractivity contribution < 1.29 is 9.31 Å². The van der Waals surface area contributed by atoms with Crippen molar-refractivity contribution in [3.8, 4) is 0 Å². The molecule has 70 valence electrons. The second-order valence-corrected chi connectivity index (χ2v) is 3.59. The first-order valence-corrected chi connectivity index (χ1v) is 5.05. The van der Waals surface area contributed by atoms with E-state index < -0.39 is 0 Å². The molecule has 0 aromatic rings. The second kappa shape index (κ2) is 6.69. The van der Waals surface area contributed by atoms with E-state index in [1.54, 1.807) is 4.99 Å². The van der Waals surface area contributed by atoms with Crippen LogP contribution >= 0.6 is 15.9 Å². The van der Waals surface area contributed by atoms with Crippen LogP contribution in [0.2, 0.25) is 0 Å². The Balaban J connectivity index is 3.86. The van der Waals surface area contributed by atoms with Gasteiger partial charge in [0.15, 0.2) is 0 Å². The van der Waals surface area contributed by atoms with E-state index >= 15 is 0 Å². The van der Waals surface area contributed by atoms with Gasteiger partial charge in [-0.2, -0.15) is 0 Å². The van der Waals surface area contributed by atoms with Crippen LogP contribution in [0.3, 0.4) is 0 Å². The fraction of sp³-hybridized carbons (Fsp3) is 0.750. The Labute approximate surface area is 83.6 Å². The Morgan fingerprint density at radius 3 is 1.75 bits per heavy atom. The molecular formula is C8H16BBrO2. The lowest BCUT2D eigenvalue weighted by Crippen LogP contribution is -2.27. The summed E-state index contributed by atoms with van der Waals surface area (Å²) >= 11 is 3.19. The standard InChI is InChI=1S/C8H16BBrO2/c1-7(2)11-9(5-6-10)12-8(3)4/h5-8H,1-4H3. The maximum Gasteiger partial charge on any atom is 0.487 e. The number of hydrogen-bond donors (Lipinski definition) is 0. The van der Waals surface area contributed by atoms with E-state index in [1.807, 2.05) is 33.7 Å². The van der Waals surface area contributed by atoms with Gasteiger partial charge in [0.1, 0.15) is 0 Å². The maximum atomic E-state index is 5.46. The second-order valence-electron chi connectivity index (χ2n) is 3.06. The third kappa shape index (κ3) is 6.89. The molecule has 0 aliphatic heterocycles.